The number of fused-ring (bicyclic) bond motifs is 1. The molecule has 1 saturated carbocycles. The molecule has 3 aliphatic rings. The van der Waals surface area contributed by atoms with Gasteiger partial charge in [0.15, 0.2) is 0 Å². The van der Waals surface area contributed by atoms with Gasteiger partial charge in [0.25, 0.3) is 0 Å². The normalized spacial score (nSPS) is 31.4. The van der Waals surface area contributed by atoms with Gasteiger partial charge in [-0.3, -0.25) is 9.59 Å². The molecule has 2 N–H and O–H groups in total. The quantitative estimate of drug-likeness (QED) is 0.800. The number of rotatable bonds is 5. The van der Waals surface area contributed by atoms with Crippen LogP contribution in [0.2, 0.25) is 0 Å². The predicted octanol–water partition coefficient (Wildman–Crippen LogP) is 3.32. The second kappa shape index (κ2) is 8.86. The number of carbonyl (C=O) groups is 2. The molecule has 158 valence electrons. The fraction of sp³-hybridized carbons (Fsp3) is 0.667. The monoisotopic (exact) mass is 398 g/mol. The topological polar surface area (TPSA) is 67.4 Å². The minimum absolute atomic E-state index is 0.127. The fourth-order valence-electron chi connectivity index (χ4n) is 5.84. The summed E-state index contributed by atoms with van der Waals surface area (Å²) in [5.74, 6) is 1.37. The highest BCUT2D eigenvalue weighted by molar-refractivity contribution is 5.88. The Morgan fingerprint density at radius 2 is 1.97 bits per heavy atom. The van der Waals surface area contributed by atoms with Crippen molar-refractivity contribution >= 4 is 11.8 Å². The molecular weight excluding hydrogens is 364 g/mol. The van der Waals surface area contributed by atoms with E-state index in [0.717, 1.165) is 50.5 Å². The summed E-state index contributed by atoms with van der Waals surface area (Å²) in [4.78, 5) is 25.7. The lowest BCUT2D eigenvalue weighted by Crippen LogP contribution is -2.57. The van der Waals surface area contributed by atoms with E-state index in [-0.39, 0.29) is 23.9 Å². The molecule has 0 bridgehead atoms. The maximum atomic E-state index is 13.5. The van der Waals surface area contributed by atoms with Crippen LogP contribution in [0.3, 0.4) is 0 Å². The summed E-state index contributed by atoms with van der Waals surface area (Å²) in [5.41, 5.74) is 0.583. The summed E-state index contributed by atoms with van der Waals surface area (Å²) < 4.78 is 5.58. The first-order valence-electron chi connectivity index (χ1n) is 11.4. The Bertz CT molecular complexity index is 714. The first-order valence-corrected chi connectivity index (χ1v) is 11.4. The number of hydrogen-bond donors (Lipinski definition) is 2. The van der Waals surface area contributed by atoms with Gasteiger partial charge in [0.2, 0.25) is 11.8 Å². The molecule has 4 atom stereocenters. The Balaban J connectivity index is 1.46. The molecule has 4 rings (SSSR count). The molecule has 2 heterocycles. The zero-order valence-electron chi connectivity index (χ0n) is 17.5. The van der Waals surface area contributed by atoms with Gasteiger partial charge >= 0.3 is 0 Å². The summed E-state index contributed by atoms with van der Waals surface area (Å²) in [6, 6.07) is 10.5. The van der Waals surface area contributed by atoms with Crippen molar-refractivity contribution in [3.63, 3.8) is 0 Å². The number of piperidine rings is 1. The molecule has 0 radical (unpaired) electrons. The SMILES string of the molecule is CCCC1CC(=O)NC2CC(NC(=O)C3(c4ccccc4)CCOCC3)CCC12. The third-order valence-electron chi connectivity index (χ3n) is 7.41. The standard InChI is InChI=1S/C24H34N2O3/c1-2-6-17-15-22(27)26-21-16-19(9-10-20(17)21)25-23(28)24(11-13-29-14-12-24)18-7-4-3-5-8-18/h3-5,7-8,17,19-21H,2,6,9-16H2,1H3,(H,25,28)(H,26,27). The molecule has 29 heavy (non-hydrogen) atoms. The summed E-state index contributed by atoms with van der Waals surface area (Å²) in [5, 5.41) is 6.60. The van der Waals surface area contributed by atoms with E-state index in [2.05, 4.69) is 29.7 Å². The van der Waals surface area contributed by atoms with Crippen molar-refractivity contribution in [3.05, 3.63) is 35.9 Å². The number of nitrogens with one attached hydrogen (secondary N) is 2. The van der Waals surface area contributed by atoms with Crippen molar-refractivity contribution in [2.24, 2.45) is 11.8 Å². The Hall–Kier alpha value is -1.88. The highest BCUT2D eigenvalue weighted by Gasteiger charge is 2.44. The second-order valence-electron chi connectivity index (χ2n) is 9.13. The van der Waals surface area contributed by atoms with Crippen LogP contribution in [-0.4, -0.2) is 37.1 Å². The van der Waals surface area contributed by atoms with Crippen molar-refractivity contribution in [2.75, 3.05) is 13.2 Å². The summed E-state index contributed by atoms with van der Waals surface area (Å²) in [7, 11) is 0. The maximum Gasteiger partial charge on any atom is 0.231 e. The van der Waals surface area contributed by atoms with E-state index in [4.69, 9.17) is 4.74 Å². The number of amides is 2. The van der Waals surface area contributed by atoms with Crippen molar-refractivity contribution in [1.82, 2.24) is 10.6 Å². The van der Waals surface area contributed by atoms with Crippen LogP contribution in [0.25, 0.3) is 0 Å². The molecule has 1 aliphatic carbocycles. The average molecular weight is 399 g/mol. The van der Waals surface area contributed by atoms with E-state index < -0.39 is 5.41 Å². The second-order valence-corrected chi connectivity index (χ2v) is 9.13. The van der Waals surface area contributed by atoms with E-state index in [1.807, 2.05) is 18.2 Å². The Labute approximate surface area is 174 Å². The van der Waals surface area contributed by atoms with Crippen LogP contribution in [0, 0.1) is 11.8 Å². The zero-order chi connectivity index (χ0) is 20.3. The molecule has 4 unspecified atom stereocenters. The molecule has 1 aromatic rings. The van der Waals surface area contributed by atoms with Crippen molar-refractivity contribution in [2.45, 2.75) is 75.8 Å². The predicted molar refractivity (Wildman–Crippen MR) is 112 cm³/mol. The molecule has 3 fully saturated rings. The summed E-state index contributed by atoms with van der Waals surface area (Å²) in [6.07, 6.45) is 7.30. The van der Waals surface area contributed by atoms with Gasteiger partial charge in [-0.05, 0) is 55.9 Å². The lowest BCUT2D eigenvalue weighted by molar-refractivity contribution is -0.132. The smallest absolute Gasteiger partial charge is 0.231 e. The molecule has 5 nitrogen and oxygen atoms in total. The van der Waals surface area contributed by atoms with Gasteiger partial charge in [0, 0.05) is 31.7 Å². The maximum absolute atomic E-state index is 13.5. The van der Waals surface area contributed by atoms with E-state index >= 15 is 0 Å². The lowest BCUT2D eigenvalue weighted by Gasteiger charge is -2.45. The van der Waals surface area contributed by atoms with Crippen molar-refractivity contribution in [3.8, 4) is 0 Å². The van der Waals surface area contributed by atoms with E-state index in [1.165, 1.54) is 0 Å². The van der Waals surface area contributed by atoms with E-state index in [0.29, 0.717) is 31.5 Å². The van der Waals surface area contributed by atoms with Crippen molar-refractivity contribution in [1.29, 1.82) is 0 Å². The molecular formula is C24H34N2O3. The van der Waals surface area contributed by atoms with Crippen LogP contribution in [0.4, 0.5) is 0 Å². The molecule has 0 spiro atoms. The number of carbonyl (C=O) groups excluding carboxylic acids is 2. The number of ether oxygens (including phenoxy) is 1. The van der Waals surface area contributed by atoms with Crippen LogP contribution in [0.1, 0.15) is 63.9 Å². The molecule has 0 aromatic heterocycles. The summed E-state index contributed by atoms with van der Waals surface area (Å²) >= 11 is 0. The molecule has 1 aromatic carbocycles. The largest absolute Gasteiger partial charge is 0.381 e. The van der Waals surface area contributed by atoms with Crippen LogP contribution < -0.4 is 10.6 Å². The zero-order valence-corrected chi connectivity index (χ0v) is 17.5. The van der Waals surface area contributed by atoms with Gasteiger partial charge in [-0.2, -0.15) is 0 Å². The first kappa shape index (κ1) is 20.4. The fourth-order valence-corrected chi connectivity index (χ4v) is 5.84. The van der Waals surface area contributed by atoms with Crippen molar-refractivity contribution < 1.29 is 14.3 Å². The molecule has 2 saturated heterocycles. The Kier molecular flexibility index (Phi) is 6.23. The number of benzene rings is 1. The Morgan fingerprint density at radius 3 is 2.69 bits per heavy atom. The van der Waals surface area contributed by atoms with Gasteiger partial charge in [0.1, 0.15) is 0 Å². The third-order valence-corrected chi connectivity index (χ3v) is 7.41. The number of hydrogen-bond acceptors (Lipinski definition) is 3. The van der Waals surface area contributed by atoms with Gasteiger partial charge in [0.05, 0.1) is 5.41 Å². The van der Waals surface area contributed by atoms with Crippen LogP contribution >= 0.6 is 0 Å². The summed E-state index contributed by atoms with van der Waals surface area (Å²) in [6.45, 7) is 3.43. The minimum Gasteiger partial charge on any atom is -0.381 e. The van der Waals surface area contributed by atoms with Gasteiger partial charge in [-0.25, -0.2) is 0 Å². The Morgan fingerprint density at radius 1 is 1.21 bits per heavy atom. The van der Waals surface area contributed by atoms with Gasteiger partial charge < -0.3 is 15.4 Å². The molecule has 2 aliphatic heterocycles. The van der Waals surface area contributed by atoms with Gasteiger partial charge in [-0.15, -0.1) is 0 Å². The molecule has 2 amide bonds. The first-order chi connectivity index (χ1) is 14.1. The average Bonchev–Trinajstić information content (AvgIpc) is 2.74. The van der Waals surface area contributed by atoms with E-state index in [9.17, 15) is 9.59 Å². The molecule has 5 heteroatoms. The van der Waals surface area contributed by atoms with Gasteiger partial charge in [-0.1, -0.05) is 43.7 Å². The van der Waals surface area contributed by atoms with Crippen LogP contribution in [0.15, 0.2) is 30.3 Å². The van der Waals surface area contributed by atoms with Crippen LogP contribution in [-0.2, 0) is 19.7 Å². The highest BCUT2D eigenvalue weighted by Crippen LogP contribution is 2.39. The third kappa shape index (κ3) is 4.20. The van der Waals surface area contributed by atoms with Crippen LogP contribution in [0.5, 0.6) is 0 Å². The lowest BCUT2D eigenvalue weighted by atomic mass is 9.69. The van der Waals surface area contributed by atoms with E-state index in [1.54, 1.807) is 0 Å². The highest BCUT2D eigenvalue weighted by atomic mass is 16.5. The minimum atomic E-state index is -0.503.